The number of halogens is 1. The maximum absolute atomic E-state index is 11.9. The van der Waals surface area contributed by atoms with Crippen LogP contribution >= 0.6 is 15.9 Å². The largest absolute Gasteiger partial charge is 0.481 e. The summed E-state index contributed by atoms with van der Waals surface area (Å²) in [4.78, 5) is 11.9. The summed E-state index contributed by atoms with van der Waals surface area (Å²) >= 11 is 3.34. The van der Waals surface area contributed by atoms with Crippen molar-refractivity contribution < 1.29 is 14.2 Å². The first kappa shape index (κ1) is 13.5. The minimum absolute atomic E-state index is 0.301. The molecule has 0 unspecified atom stereocenters. The van der Waals surface area contributed by atoms with Gasteiger partial charge in [-0.15, -0.1) is 0 Å². The number of amides is 1. The van der Waals surface area contributed by atoms with Gasteiger partial charge in [0.25, 0.3) is 5.91 Å². The standard InChI is InChI=1S/C12H12BrN3O3/c1-7-11(16-19-15-7)14-12(17)8(2)18-10-5-3-4-9(13)6-10/h3-6,8H,1-2H3,(H,14,16,17)/t8-/m1/s1. The van der Waals surface area contributed by atoms with Crippen LogP contribution in [-0.4, -0.2) is 22.3 Å². The van der Waals surface area contributed by atoms with Gasteiger partial charge in [-0.25, -0.2) is 4.63 Å². The SMILES string of the molecule is Cc1nonc1NC(=O)[C@@H](C)Oc1cccc(Br)c1. The molecular formula is C12H12BrN3O3. The van der Waals surface area contributed by atoms with Crippen LogP contribution in [0.1, 0.15) is 12.6 Å². The molecule has 1 heterocycles. The number of hydrogen-bond acceptors (Lipinski definition) is 5. The van der Waals surface area contributed by atoms with Crippen LogP contribution in [0.3, 0.4) is 0 Å². The van der Waals surface area contributed by atoms with Gasteiger partial charge in [-0.1, -0.05) is 27.2 Å². The zero-order chi connectivity index (χ0) is 13.8. The number of ether oxygens (including phenoxy) is 1. The van der Waals surface area contributed by atoms with E-state index >= 15 is 0 Å². The molecule has 100 valence electrons. The molecule has 0 saturated carbocycles. The van der Waals surface area contributed by atoms with E-state index in [2.05, 4.69) is 36.2 Å². The predicted octanol–water partition coefficient (Wildman–Crippen LogP) is 2.55. The van der Waals surface area contributed by atoms with Gasteiger partial charge >= 0.3 is 0 Å². The monoisotopic (exact) mass is 325 g/mol. The summed E-state index contributed by atoms with van der Waals surface area (Å²) in [6.07, 6.45) is -0.662. The molecule has 1 N–H and O–H groups in total. The van der Waals surface area contributed by atoms with Crippen molar-refractivity contribution in [1.82, 2.24) is 10.3 Å². The highest BCUT2D eigenvalue weighted by Gasteiger charge is 2.17. The van der Waals surface area contributed by atoms with Gasteiger partial charge in [0.2, 0.25) is 0 Å². The van der Waals surface area contributed by atoms with Crippen molar-refractivity contribution in [2.75, 3.05) is 5.32 Å². The van der Waals surface area contributed by atoms with Crippen LogP contribution < -0.4 is 10.1 Å². The van der Waals surface area contributed by atoms with Gasteiger partial charge in [-0.2, -0.15) is 0 Å². The Kier molecular flexibility index (Phi) is 4.16. The van der Waals surface area contributed by atoms with Crippen LogP contribution in [0.25, 0.3) is 0 Å². The smallest absolute Gasteiger partial charge is 0.266 e. The molecule has 19 heavy (non-hydrogen) atoms. The third kappa shape index (κ3) is 3.54. The summed E-state index contributed by atoms with van der Waals surface area (Å²) in [5, 5.41) is 9.74. The Bertz CT molecular complexity index is 585. The Morgan fingerprint density at radius 2 is 2.26 bits per heavy atom. The van der Waals surface area contributed by atoms with Gasteiger partial charge in [-0.05, 0) is 37.2 Å². The molecule has 1 aromatic heterocycles. The molecule has 1 atom stereocenters. The first-order valence-corrected chi connectivity index (χ1v) is 6.38. The fourth-order valence-electron chi connectivity index (χ4n) is 1.36. The van der Waals surface area contributed by atoms with Crippen LogP contribution in [0.2, 0.25) is 0 Å². The number of aromatic nitrogens is 2. The average Bonchev–Trinajstić information content (AvgIpc) is 2.75. The van der Waals surface area contributed by atoms with Crippen molar-refractivity contribution in [2.45, 2.75) is 20.0 Å². The van der Waals surface area contributed by atoms with Crippen molar-refractivity contribution >= 4 is 27.7 Å². The van der Waals surface area contributed by atoms with Crippen molar-refractivity contribution in [3.05, 3.63) is 34.4 Å². The molecule has 0 aliphatic rings. The third-order valence-electron chi connectivity index (χ3n) is 2.37. The van der Waals surface area contributed by atoms with E-state index in [1.165, 1.54) is 0 Å². The second-order valence-electron chi connectivity index (χ2n) is 3.90. The maximum atomic E-state index is 11.9. The molecule has 6 nitrogen and oxygen atoms in total. The van der Waals surface area contributed by atoms with E-state index in [1.807, 2.05) is 12.1 Å². The maximum Gasteiger partial charge on any atom is 0.266 e. The lowest BCUT2D eigenvalue weighted by atomic mass is 10.3. The van der Waals surface area contributed by atoms with Crippen LogP contribution in [0.5, 0.6) is 5.75 Å². The zero-order valence-corrected chi connectivity index (χ0v) is 12.0. The first-order chi connectivity index (χ1) is 9.06. The van der Waals surface area contributed by atoms with E-state index in [0.717, 1.165) is 4.47 Å². The Hall–Kier alpha value is -1.89. The van der Waals surface area contributed by atoms with Crippen LogP contribution in [0.15, 0.2) is 33.4 Å². The number of rotatable bonds is 4. The number of nitrogens with zero attached hydrogens (tertiary/aromatic N) is 2. The van der Waals surface area contributed by atoms with Gasteiger partial charge < -0.3 is 10.1 Å². The van der Waals surface area contributed by atoms with E-state index in [-0.39, 0.29) is 5.91 Å². The lowest BCUT2D eigenvalue weighted by Crippen LogP contribution is -2.30. The summed E-state index contributed by atoms with van der Waals surface area (Å²) in [6, 6.07) is 7.27. The quantitative estimate of drug-likeness (QED) is 0.934. The van der Waals surface area contributed by atoms with Gasteiger partial charge in [0.1, 0.15) is 11.4 Å². The molecule has 0 aliphatic carbocycles. The number of anilines is 1. The number of carbonyl (C=O) groups excluding carboxylic acids is 1. The zero-order valence-electron chi connectivity index (χ0n) is 10.4. The average molecular weight is 326 g/mol. The summed E-state index contributed by atoms with van der Waals surface area (Å²) in [5.41, 5.74) is 0.517. The molecule has 1 amide bonds. The summed E-state index contributed by atoms with van der Waals surface area (Å²) in [6.45, 7) is 3.34. The van der Waals surface area contributed by atoms with E-state index in [1.54, 1.807) is 26.0 Å². The van der Waals surface area contributed by atoms with Gasteiger partial charge in [0, 0.05) is 4.47 Å². The minimum Gasteiger partial charge on any atom is -0.481 e. The Labute approximate surface area is 118 Å². The highest BCUT2D eigenvalue weighted by Crippen LogP contribution is 2.19. The third-order valence-corrected chi connectivity index (χ3v) is 2.87. The summed E-state index contributed by atoms with van der Waals surface area (Å²) in [7, 11) is 0. The lowest BCUT2D eigenvalue weighted by Gasteiger charge is -2.13. The molecule has 1 aromatic carbocycles. The number of benzene rings is 1. The second kappa shape index (κ2) is 5.83. The summed E-state index contributed by atoms with van der Waals surface area (Å²) < 4.78 is 10.9. The van der Waals surface area contributed by atoms with E-state index in [9.17, 15) is 4.79 Å². The Morgan fingerprint density at radius 3 is 2.89 bits per heavy atom. The molecule has 0 aliphatic heterocycles. The van der Waals surface area contributed by atoms with E-state index in [4.69, 9.17) is 4.74 Å². The molecule has 0 radical (unpaired) electrons. The number of nitrogens with one attached hydrogen (secondary N) is 1. The highest BCUT2D eigenvalue weighted by atomic mass is 79.9. The fraction of sp³-hybridized carbons (Fsp3) is 0.250. The lowest BCUT2D eigenvalue weighted by molar-refractivity contribution is -0.122. The van der Waals surface area contributed by atoms with Crippen LogP contribution in [0, 0.1) is 6.92 Å². The Balaban J connectivity index is 1.98. The Morgan fingerprint density at radius 1 is 1.47 bits per heavy atom. The van der Waals surface area contributed by atoms with Crippen LogP contribution in [-0.2, 0) is 4.79 Å². The number of aryl methyl sites for hydroxylation is 1. The van der Waals surface area contributed by atoms with Gasteiger partial charge in [-0.3, -0.25) is 4.79 Å². The minimum atomic E-state index is -0.662. The molecule has 0 bridgehead atoms. The molecule has 0 saturated heterocycles. The van der Waals surface area contributed by atoms with Crippen molar-refractivity contribution in [1.29, 1.82) is 0 Å². The second-order valence-corrected chi connectivity index (χ2v) is 4.82. The van der Waals surface area contributed by atoms with E-state index < -0.39 is 6.10 Å². The topological polar surface area (TPSA) is 77.3 Å². The molecule has 2 aromatic rings. The molecule has 0 spiro atoms. The number of hydrogen-bond donors (Lipinski definition) is 1. The van der Waals surface area contributed by atoms with Gasteiger partial charge in [0.05, 0.1) is 0 Å². The molecule has 2 rings (SSSR count). The van der Waals surface area contributed by atoms with Gasteiger partial charge in [0.15, 0.2) is 11.9 Å². The van der Waals surface area contributed by atoms with Crippen molar-refractivity contribution in [3.63, 3.8) is 0 Å². The normalized spacial score (nSPS) is 11.9. The fourth-order valence-corrected chi connectivity index (χ4v) is 1.74. The molecule has 0 fully saturated rings. The molecular weight excluding hydrogens is 314 g/mol. The van der Waals surface area contributed by atoms with Crippen molar-refractivity contribution in [3.8, 4) is 5.75 Å². The van der Waals surface area contributed by atoms with Crippen molar-refractivity contribution in [2.24, 2.45) is 0 Å². The number of carbonyl (C=O) groups is 1. The van der Waals surface area contributed by atoms with E-state index in [0.29, 0.717) is 17.3 Å². The predicted molar refractivity (Wildman–Crippen MR) is 71.9 cm³/mol. The first-order valence-electron chi connectivity index (χ1n) is 5.58. The summed E-state index contributed by atoms with van der Waals surface area (Å²) in [5.74, 6) is 0.584. The van der Waals surface area contributed by atoms with Crippen LogP contribution in [0.4, 0.5) is 5.82 Å². The molecule has 7 heteroatoms. The highest BCUT2D eigenvalue weighted by molar-refractivity contribution is 9.10.